The first-order chi connectivity index (χ1) is 18.9. The maximum absolute atomic E-state index is 13.3. The average Bonchev–Trinajstić information content (AvgIpc) is 3.59. The fourth-order valence-electron chi connectivity index (χ4n) is 3.74. The van der Waals surface area contributed by atoms with E-state index in [0.29, 0.717) is 36.1 Å². The molecule has 4 rings (SSSR count). The van der Waals surface area contributed by atoms with Crippen LogP contribution in [0.25, 0.3) is 0 Å². The molecule has 1 N–H and O–H groups in total. The molecule has 12 nitrogen and oxygen atoms in total. The maximum atomic E-state index is 13.3. The third-order valence-electron chi connectivity index (χ3n) is 5.85. The van der Waals surface area contributed by atoms with E-state index in [0.717, 1.165) is 19.7 Å². The molecule has 1 fully saturated rings. The Morgan fingerprint density at radius 1 is 1.10 bits per heavy atom. The minimum absolute atomic E-state index is 0.0756. The second kappa shape index (κ2) is 13.4. The van der Waals surface area contributed by atoms with Crippen LogP contribution in [0.2, 0.25) is 0 Å². The van der Waals surface area contributed by atoms with Crippen molar-refractivity contribution in [1.29, 1.82) is 0 Å². The van der Waals surface area contributed by atoms with Gasteiger partial charge in [-0.2, -0.15) is 18.3 Å². The van der Waals surface area contributed by atoms with Gasteiger partial charge in [0.1, 0.15) is 0 Å². The minimum Gasteiger partial charge on any atom is -0.352 e. The van der Waals surface area contributed by atoms with Gasteiger partial charge in [0.25, 0.3) is 17.1 Å². The number of halogens is 4. The zero-order valence-corrected chi connectivity index (χ0v) is 22.7. The van der Waals surface area contributed by atoms with E-state index in [-0.39, 0.29) is 30.5 Å². The molecule has 4 heterocycles. The van der Waals surface area contributed by atoms with Gasteiger partial charge in [-0.15, -0.1) is 10.2 Å². The lowest BCUT2D eigenvalue weighted by Crippen LogP contribution is -2.49. The molecule has 216 valence electrons. The summed E-state index contributed by atoms with van der Waals surface area (Å²) in [6, 6.07) is 4.65. The molecule has 1 aliphatic rings. The number of alkyl halides is 3. The first kappa shape index (κ1) is 30.5. The normalized spacial score (nSPS) is 13.6. The molecule has 0 unspecified atom stereocenters. The van der Waals surface area contributed by atoms with Crippen molar-refractivity contribution in [3.63, 3.8) is 0 Å². The second-order valence-electron chi connectivity index (χ2n) is 9.17. The summed E-state index contributed by atoms with van der Waals surface area (Å²) < 4.78 is 44.8. The molecule has 1 aliphatic heterocycles. The van der Waals surface area contributed by atoms with Crippen LogP contribution in [-0.4, -0.2) is 79.8 Å². The van der Waals surface area contributed by atoms with E-state index >= 15 is 0 Å². The third-order valence-corrected chi connectivity index (χ3v) is 6.04. The zero-order chi connectivity index (χ0) is 29.4. The first-order valence-corrected chi connectivity index (χ1v) is 12.6. The van der Waals surface area contributed by atoms with Gasteiger partial charge in [0, 0.05) is 45.8 Å². The lowest BCUT2D eigenvalue weighted by atomic mass is 10.1. The van der Waals surface area contributed by atoms with Gasteiger partial charge in [0.15, 0.2) is 17.2 Å². The van der Waals surface area contributed by atoms with Gasteiger partial charge < -0.3 is 19.6 Å². The molecule has 0 atom stereocenters. The number of amides is 2. The SMILES string of the molecule is CC(C)CCNC(=O)c1ccc(N2CCN(C(=O)c3cnn(C)c3C(F)(F)F)CC2)nn1.O=C(Cl)c1ccno1. The van der Waals surface area contributed by atoms with Crippen LogP contribution in [0.3, 0.4) is 0 Å². The standard InChI is InChI=1S/C20H26F3N7O2.C4H2ClNO2/c1-13(2)6-7-24-18(31)15-4-5-16(27-26-15)29-8-10-30(11-9-29)19(32)14-12-25-28(3)17(14)20(21,22)23;5-4(7)3-1-2-6-8-3/h4-5,12-13H,6-11H2,1-3H3,(H,24,31);1-2H. The van der Waals surface area contributed by atoms with Crippen molar-refractivity contribution in [2.75, 3.05) is 37.6 Å². The first-order valence-electron chi connectivity index (χ1n) is 12.2. The predicted octanol–water partition coefficient (Wildman–Crippen LogP) is 3.02. The van der Waals surface area contributed by atoms with Crippen LogP contribution in [0, 0.1) is 5.92 Å². The quantitative estimate of drug-likeness (QED) is 0.415. The van der Waals surface area contributed by atoms with E-state index in [1.54, 1.807) is 12.1 Å². The number of carbonyl (C=O) groups is 3. The highest BCUT2D eigenvalue weighted by Crippen LogP contribution is 2.32. The maximum Gasteiger partial charge on any atom is 0.433 e. The van der Waals surface area contributed by atoms with Gasteiger partial charge in [-0.1, -0.05) is 19.0 Å². The van der Waals surface area contributed by atoms with E-state index in [1.807, 2.05) is 4.90 Å². The molecule has 16 heteroatoms. The number of rotatable bonds is 7. The Kier molecular flexibility index (Phi) is 10.2. The lowest BCUT2D eigenvalue weighted by molar-refractivity contribution is -0.144. The van der Waals surface area contributed by atoms with Crippen molar-refractivity contribution < 1.29 is 32.1 Å². The monoisotopic (exact) mass is 584 g/mol. The average molecular weight is 585 g/mol. The summed E-state index contributed by atoms with van der Waals surface area (Å²) >= 11 is 4.97. The summed E-state index contributed by atoms with van der Waals surface area (Å²) in [6.07, 6.45) is -1.50. The number of aryl methyl sites for hydroxylation is 1. The highest BCUT2D eigenvalue weighted by molar-refractivity contribution is 6.67. The molecule has 3 aromatic rings. The minimum atomic E-state index is -4.67. The van der Waals surface area contributed by atoms with Crippen LogP contribution in [0.5, 0.6) is 0 Å². The predicted molar refractivity (Wildman–Crippen MR) is 137 cm³/mol. The summed E-state index contributed by atoms with van der Waals surface area (Å²) in [4.78, 5) is 38.1. The zero-order valence-electron chi connectivity index (χ0n) is 22.0. The number of anilines is 1. The van der Waals surface area contributed by atoms with Crippen molar-refractivity contribution in [3.05, 3.63) is 53.3 Å². The summed E-state index contributed by atoms with van der Waals surface area (Å²) in [7, 11) is 1.16. The van der Waals surface area contributed by atoms with Crippen LogP contribution in [0.4, 0.5) is 19.0 Å². The van der Waals surface area contributed by atoms with E-state index in [1.165, 1.54) is 17.2 Å². The van der Waals surface area contributed by atoms with Crippen molar-refractivity contribution in [1.82, 2.24) is 35.4 Å². The molecule has 0 bridgehead atoms. The van der Waals surface area contributed by atoms with E-state index < -0.39 is 28.6 Å². The largest absolute Gasteiger partial charge is 0.433 e. The molecule has 0 aromatic carbocycles. The Bertz CT molecular complexity index is 1290. The van der Waals surface area contributed by atoms with Crippen molar-refractivity contribution in [2.24, 2.45) is 13.0 Å². The molecule has 0 radical (unpaired) electrons. The van der Waals surface area contributed by atoms with Gasteiger partial charge in [0.2, 0.25) is 5.76 Å². The summed E-state index contributed by atoms with van der Waals surface area (Å²) in [5.41, 5.74) is -1.30. The number of nitrogens with zero attached hydrogens (tertiary/aromatic N) is 7. The number of hydrogen-bond donors (Lipinski definition) is 1. The van der Waals surface area contributed by atoms with Crippen molar-refractivity contribution >= 4 is 34.5 Å². The molecular formula is C24H28ClF3N8O4. The van der Waals surface area contributed by atoms with Gasteiger partial charge in [0.05, 0.1) is 18.0 Å². The topological polar surface area (TPSA) is 139 Å². The fraction of sp³-hybridized carbons (Fsp3) is 0.458. The number of piperazine rings is 1. The fourth-order valence-corrected chi connectivity index (χ4v) is 3.83. The van der Waals surface area contributed by atoms with E-state index in [9.17, 15) is 27.6 Å². The van der Waals surface area contributed by atoms with Gasteiger partial charge in [-0.05, 0) is 36.1 Å². The number of carbonyl (C=O) groups excluding carboxylic acids is 3. The van der Waals surface area contributed by atoms with E-state index in [2.05, 4.69) is 44.1 Å². The van der Waals surface area contributed by atoms with Gasteiger partial charge in [-0.3, -0.25) is 19.1 Å². The Hall–Kier alpha value is -4.01. The van der Waals surface area contributed by atoms with Crippen LogP contribution < -0.4 is 10.2 Å². The molecule has 3 aromatic heterocycles. The smallest absolute Gasteiger partial charge is 0.352 e. The highest BCUT2D eigenvalue weighted by atomic mass is 35.5. The Morgan fingerprint density at radius 2 is 1.80 bits per heavy atom. The molecule has 1 saturated heterocycles. The lowest BCUT2D eigenvalue weighted by Gasteiger charge is -2.35. The summed E-state index contributed by atoms with van der Waals surface area (Å²) in [5.74, 6) is 0.0917. The summed E-state index contributed by atoms with van der Waals surface area (Å²) in [5, 5.41) is 17.1. The summed E-state index contributed by atoms with van der Waals surface area (Å²) in [6.45, 7) is 5.90. The Labute approximate surface area is 232 Å². The second-order valence-corrected chi connectivity index (χ2v) is 9.52. The van der Waals surface area contributed by atoms with Crippen molar-refractivity contribution in [2.45, 2.75) is 26.4 Å². The third kappa shape index (κ3) is 8.00. The van der Waals surface area contributed by atoms with Gasteiger partial charge in [-0.25, -0.2) is 0 Å². The molecule has 0 aliphatic carbocycles. The molecular weight excluding hydrogens is 557 g/mol. The molecule has 40 heavy (non-hydrogen) atoms. The number of nitrogens with one attached hydrogen (secondary N) is 1. The van der Waals surface area contributed by atoms with Crippen LogP contribution in [0.15, 0.2) is 35.1 Å². The van der Waals surface area contributed by atoms with Crippen LogP contribution in [0.1, 0.15) is 57.4 Å². The number of aromatic nitrogens is 5. The Morgan fingerprint density at radius 3 is 2.30 bits per heavy atom. The number of hydrogen-bond acceptors (Lipinski definition) is 9. The molecule has 0 spiro atoms. The van der Waals surface area contributed by atoms with Crippen LogP contribution in [-0.2, 0) is 13.2 Å². The van der Waals surface area contributed by atoms with Crippen molar-refractivity contribution in [3.8, 4) is 0 Å². The molecule has 0 saturated carbocycles. The van der Waals surface area contributed by atoms with Crippen LogP contribution >= 0.6 is 11.6 Å². The Balaban J connectivity index is 0.000000472. The molecule has 2 amide bonds. The highest BCUT2D eigenvalue weighted by Gasteiger charge is 2.40. The van der Waals surface area contributed by atoms with Gasteiger partial charge >= 0.3 is 6.18 Å². The van der Waals surface area contributed by atoms with E-state index in [4.69, 9.17) is 11.6 Å².